The first-order valence-electron chi connectivity index (χ1n) is 4.98. The molecule has 0 saturated heterocycles. The first-order chi connectivity index (χ1) is 8.08. The molecule has 0 fully saturated rings. The van der Waals surface area contributed by atoms with E-state index in [1.54, 1.807) is 6.07 Å². The molecule has 0 aliphatic heterocycles. The number of hydrogen-bond donors (Lipinski definition) is 3. The number of methoxy groups -OCH3 is 1. The Morgan fingerprint density at radius 3 is 2.82 bits per heavy atom. The van der Waals surface area contributed by atoms with Crippen LogP contribution in [0, 0.1) is 0 Å². The molecule has 1 atom stereocenters. The van der Waals surface area contributed by atoms with E-state index in [1.807, 2.05) is 0 Å². The van der Waals surface area contributed by atoms with E-state index in [4.69, 9.17) is 25.4 Å². The van der Waals surface area contributed by atoms with Gasteiger partial charge in [0, 0.05) is 5.69 Å². The van der Waals surface area contributed by atoms with Crippen LogP contribution in [-0.2, 0) is 4.74 Å². The first kappa shape index (κ1) is 13.3. The molecular weight excluding hydrogens is 226 g/mol. The summed E-state index contributed by atoms with van der Waals surface area (Å²) in [6.07, 6.45) is -1.09. The van der Waals surface area contributed by atoms with Crippen molar-refractivity contribution < 1.29 is 24.5 Å². The molecule has 0 aliphatic rings. The van der Waals surface area contributed by atoms with Gasteiger partial charge in [0.15, 0.2) is 0 Å². The van der Waals surface area contributed by atoms with Gasteiger partial charge >= 0.3 is 5.97 Å². The lowest BCUT2D eigenvalue weighted by atomic mass is 10.2. The van der Waals surface area contributed by atoms with E-state index >= 15 is 0 Å². The molecular formula is C11H15NO5. The van der Waals surface area contributed by atoms with Gasteiger partial charge in [-0.15, -0.1) is 0 Å². The van der Waals surface area contributed by atoms with Gasteiger partial charge in [-0.25, -0.2) is 4.79 Å². The number of aliphatic hydroxyl groups is 2. The number of esters is 1. The fourth-order valence-electron chi connectivity index (χ4n) is 1.14. The zero-order valence-corrected chi connectivity index (χ0v) is 9.42. The molecule has 0 aromatic heterocycles. The Hall–Kier alpha value is -1.79. The summed E-state index contributed by atoms with van der Waals surface area (Å²) in [5, 5.41) is 17.6. The van der Waals surface area contributed by atoms with Crippen LogP contribution in [0.25, 0.3) is 0 Å². The third-order valence-corrected chi connectivity index (χ3v) is 2.10. The number of carbonyl (C=O) groups excluding carboxylic acids is 1. The normalized spacial score (nSPS) is 11.9. The van der Waals surface area contributed by atoms with Crippen molar-refractivity contribution >= 4 is 11.7 Å². The van der Waals surface area contributed by atoms with Crippen molar-refractivity contribution in [3.63, 3.8) is 0 Å². The number of rotatable bonds is 5. The predicted octanol–water partition coefficient (Wildman–Crippen LogP) is -0.213. The van der Waals surface area contributed by atoms with Crippen LogP contribution in [0.15, 0.2) is 18.2 Å². The highest BCUT2D eigenvalue weighted by Crippen LogP contribution is 2.20. The highest BCUT2D eigenvalue weighted by atomic mass is 16.5. The standard InChI is InChI=1S/C11H15NO5/c1-16-8-2-3-10(12)9(4-8)11(15)17-6-7(14)5-13/h2-4,7,13-14H,5-6,12H2,1H3. The average Bonchev–Trinajstić information content (AvgIpc) is 2.36. The Morgan fingerprint density at radius 1 is 1.53 bits per heavy atom. The summed E-state index contributed by atoms with van der Waals surface area (Å²) in [5.74, 6) is -0.192. The molecule has 1 aromatic carbocycles. The third kappa shape index (κ3) is 3.61. The number of benzene rings is 1. The summed E-state index contributed by atoms with van der Waals surface area (Å²) in [4.78, 5) is 11.6. The predicted molar refractivity (Wildman–Crippen MR) is 60.8 cm³/mol. The Balaban J connectivity index is 2.74. The van der Waals surface area contributed by atoms with Crippen molar-refractivity contribution in [3.8, 4) is 5.75 Å². The van der Waals surface area contributed by atoms with Gasteiger partial charge in [0.2, 0.25) is 0 Å². The van der Waals surface area contributed by atoms with E-state index in [0.29, 0.717) is 5.75 Å². The molecule has 0 aliphatic carbocycles. The van der Waals surface area contributed by atoms with Crippen LogP contribution >= 0.6 is 0 Å². The second-order valence-corrected chi connectivity index (χ2v) is 3.39. The smallest absolute Gasteiger partial charge is 0.340 e. The van der Waals surface area contributed by atoms with Gasteiger partial charge in [0.05, 0.1) is 19.3 Å². The van der Waals surface area contributed by atoms with Crippen molar-refractivity contribution in [2.75, 3.05) is 26.1 Å². The highest BCUT2D eigenvalue weighted by molar-refractivity contribution is 5.95. The molecule has 0 heterocycles. The molecule has 0 spiro atoms. The van der Waals surface area contributed by atoms with Gasteiger partial charge in [-0.3, -0.25) is 0 Å². The summed E-state index contributed by atoms with van der Waals surface area (Å²) < 4.78 is 9.73. The number of nitrogen functional groups attached to an aromatic ring is 1. The summed E-state index contributed by atoms with van der Waals surface area (Å²) in [7, 11) is 1.47. The molecule has 94 valence electrons. The van der Waals surface area contributed by atoms with E-state index < -0.39 is 18.7 Å². The van der Waals surface area contributed by atoms with Crippen molar-refractivity contribution in [2.45, 2.75) is 6.10 Å². The van der Waals surface area contributed by atoms with E-state index in [-0.39, 0.29) is 17.9 Å². The minimum absolute atomic E-state index is 0.162. The maximum atomic E-state index is 11.6. The molecule has 0 bridgehead atoms. The van der Waals surface area contributed by atoms with E-state index in [9.17, 15) is 4.79 Å². The SMILES string of the molecule is COc1ccc(N)c(C(=O)OCC(O)CO)c1. The fraction of sp³-hybridized carbons (Fsp3) is 0.364. The lowest BCUT2D eigenvalue weighted by Crippen LogP contribution is -2.22. The number of hydrogen-bond acceptors (Lipinski definition) is 6. The Bertz CT molecular complexity index is 393. The molecule has 1 rings (SSSR count). The van der Waals surface area contributed by atoms with Crippen molar-refractivity contribution in [2.24, 2.45) is 0 Å². The lowest BCUT2D eigenvalue weighted by Gasteiger charge is -2.10. The molecule has 6 nitrogen and oxygen atoms in total. The van der Waals surface area contributed by atoms with Crippen LogP contribution < -0.4 is 10.5 Å². The number of carbonyl (C=O) groups is 1. The van der Waals surface area contributed by atoms with E-state index in [0.717, 1.165) is 0 Å². The minimum atomic E-state index is -1.09. The maximum absolute atomic E-state index is 11.6. The lowest BCUT2D eigenvalue weighted by molar-refractivity contribution is 0.00939. The number of aliphatic hydroxyl groups excluding tert-OH is 2. The van der Waals surface area contributed by atoms with Crippen molar-refractivity contribution in [1.29, 1.82) is 0 Å². The number of anilines is 1. The van der Waals surface area contributed by atoms with Crippen LogP contribution in [-0.4, -0.2) is 42.6 Å². The number of ether oxygens (including phenoxy) is 2. The fourth-order valence-corrected chi connectivity index (χ4v) is 1.14. The summed E-state index contributed by atoms with van der Waals surface area (Å²) in [6.45, 7) is -0.757. The summed E-state index contributed by atoms with van der Waals surface area (Å²) >= 11 is 0. The second kappa shape index (κ2) is 6.07. The van der Waals surface area contributed by atoms with Crippen LogP contribution in [0.3, 0.4) is 0 Å². The molecule has 4 N–H and O–H groups in total. The molecule has 1 aromatic rings. The molecule has 17 heavy (non-hydrogen) atoms. The van der Waals surface area contributed by atoms with Crippen LogP contribution in [0.2, 0.25) is 0 Å². The zero-order chi connectivity index (χ0) is 12.8. The average molecular weight is 241 g/mol. The quantitative estimate of drug-likeness (QED) is 0.487. The molecule has 0 radical (unpaired) electrons. The molecule has 6 heteroatoms. The van der Waals surface area contributed by atoms with Crippen molar-refractivity contribution in [3.05, 3.63) is 23.8 Å². The topological polar surface area (TPSA) is 102 Å². The Kier molecular flexibility index (Phi) is 4.74. The van der Waals surface area contributed by atoms with Gasteiger partial charge < -0.3 is 25.4 Å². The number of nitrogens with two attached hydrogens (primary N) is 1. The van der Waals surface area contributed by atoms with Gasteiger partial charge in [-0.1, -0.05) is 0 Å². The van der Waals surface area contributed by atoms with Crippen LogP contribution in [0.5, 0.6) is 5.75 Å². The van der Waals surface area contributed by atoms with Crippen molar-refractivity contribution in [1.82, 2.24) is 0 Å². The second-order valence-electron chi connectivity index (χ2n) is 3.39. The summed E-state index contributed by atoms with van der Waals surface area (Å²) in [5.41, 5.74) is 6.04. The first-order valence-corrected chi connectivity index (χ1v) is 4.98. The van der Waals surface area contributed by atoms with E-state index in [2.05, 4.69) is 0 Å². The zero-order valence-electron chi connectivity index (χ0n) is 9.42. The Morgan fingerprint density at radius 2 is 2.24 bits per heavy atom. The maximum Gasteiger partial charge on any atom is 0.340 e. The summed E-state index contributed by atoms with van der Waals surface area (Å²) in [6, 6.07) is 4.59. The highest BCUT2D eigenvalue weighted by Gasteiger charge is 2.14. The van der Waals surface area contributed by atoms with Gasteiger partial charge in [0.25, 0.3) is 0 Å². The van der Waals surface area contributed by atoms with Gasteiger partial charge in [-0.2, -0.15) is 0 Å². The minimum Gasteiger partial charge on any atom is -0.497 e. The van der Waals surface area contributed by atoms with Crippen LogP contribution in [0.1, 0.15) is 10.4 Å². The molecule has 0 saturated carbocycles. The monoisotopic (exact) mass is 241 g/mol. The third-order valence-electron chi connectivity index (χ3n) is 2.10. The van der Waals surface area contributed by atoms with Gasteiger partial charge in [0.1, 0.15) is 18.5 Å². The van der Waals surface area contributed by atoms with E-state index in [1.165, 1.54) is 19.2 Å². The van der Waals surface area contributed by atoms with Gasteiger partial charge in [-0.05, 0) is 18.2 Å². The Labute approximate surface area is 98.6 Å². The molecule has 0 amide bonds. The largest absolute Gasteiger partial charge is 0.497 e. The van der Waals surface area contributed by atoms with Crippen LogP contribution in [0.4, 0.5) is 5.69 Å². The molecule has 1 unspecified atom stereocenters.